The molecule has 69 heavy (non-hydrogen) atoms. The second-order valence-corrected chi connectivity index (χ2v) is 21.7. The van der Waals surface area contributed by atoms with Crippen molar-refractivity contribution >= 4 is 22.3 Å². The van der Waals surface area contributed by atoms with Crippen LogP contribution in [0.25, 0.3) is 10.4 Å². The van der Waals surface area contributed by atoms with E-state index in [0.717, 1.165) is 26.7 Å². The summed E-state index contributed by atoms with van der Waals surface area (Å²) < 4.78 is 46.4. The molecule has 0 radical (unpaired) electrons. The van der Waals surface area contributed by atoms with E-state index in [1.165, 1.54) is 18.3 Å². The van der Waals surface area contributed by atoms with E-state index in [9.17, 15) is 34.7 Å². The largest absolute Gasteiger partial charge is 0.460 e. The number of esters is 1. The molecule has 0 aliphatic carbocycles. The van der Waals surface area contributed by atoms with Crippen molar-refractivity contribution in [2.75, 3.05) is 39.6 Å². The number of nitrogens with zero attached hydrogens (tertiary/aromatic N) is 3. The third kappa shape index (κ3) is 13.7. The monoisotopic (exact) mass is 993 g/mol. The van der Waals surface area contributed by atoms with Crippen LogP contribution >= 0.6 is 11.3 Å². The lowest BCUT2D eigenvalue weighted by Crippen LogP contribution is -2.60. The van der Waals surface area contributed by atoms with Gasteiger partial charge in [-0.05, 0) is 117 Å². The number of hydrogen-bond donors (Lipinski definition) is 8. The third-order valence-electron chi connectivity index (χ3n) is 15.0. The number of halogens is 1. The van der Waals surface area contributed by atoms with E-state index in [1.54, 1.807) is 32.7 Å². The molecule has 1 aromatic carbocycles. The molecule has 2 aromatic rings. The van der Waals surface area contributed by atoms with Gasteiger partial charge in [0.2, 0.25) is 0 Å². The molecular formula is C50H81FN6O11S. The van der Waals surface area contributed by atoms with Gasteiger partial charge in [0, 0.05) is 54.2 Å². The Labute approximate surface area is 412 Å². The number of aliphatic hydroxyl groups is 5. The van der Waals surface area contributed by atoms with Crippen molar-refractivity contribution in [3.63, 3.8) is 0 Å². The molecule has 4 aliphatic rings. The number of likely N-dealkylation sites (N-methyl/N-ethyl adjacent to an activating group) is 2. The molecule has 3 saturated heterocycles. The summed E-state index contributed by atoms with van der Waals surface area (Å²) in [5, 5.41) is 60.2. The van der Waals surface area contributed by atoms with Gasteiger partial charge in [0.1, 0.15) is 25.0 Å². The highest BCUT2D eigenvalue weighted by Gasteiger charge is 2.50. The molecule has 0 spiro atoms. The minimum absolute atomic E-state index is 0.180. The number of nitrogen functional groups attached to an aromatic ring is 1. The van der Waals surface area contributed by atoms with Crippen molar-refractivity contribution in [2.24, 2.45) is 17.8 Å². The van der Waals surface area contributed by atoms with Crippen LogP contribution in [-0.2, 0) is 34.9 Å². The summed E-state index contributed by atoms with van der Waals surface area (Å²) in [4.78, 5) is 19.1. The van der Waals surface area contributed by atoms with Gasteiger partial charge in [-0.25, -0.2) is 4.39 Å². The van der Waals surface area contributed by atoms with Gasteiger partial charge in [0.05, 0.1) is 59.2 Å². The van der Waals surface area contributed by atoms with Gasteiger partial charge in [-0.3, -0.25) is 9.80 Å². The Morgan fingerprint density at radius 2 is 1.67 bits per heavy atom. The number of anilines is 1. The molecule has 19 heteroatoms. The number of aliphatic hydroxyl groups excluding tert-OH is 4. The Bertz CT molecular complexity index is 1960. The molecule has 6 rings (SSSR count). The van der Waals surface area contributed by atoms with Crippen molar-refractivity contribution < 1.29 is 58.4 Å². The van der Waals surface area contributed by atoms with Crippen molar-refractivity contribution in [1.82, 2.24) is 25.8 Å². The highest BCUT2D eigenvalue weighted by molar-refractivity contribution is 7.19. The SMILES string of the molecule is CC1CC(O[C@H]2C(C)C(=O)O[C@@H](C)C(O)[C@H](O)[C@@H](C)N(C)CCCC(C)(O)C(O[C@@H]3O[C@H](C)C[C@H](N(C)CCC4=CN([C@H](CF)Cc5ccc(-c6ccc(N)s6)cc5)NN4)[C@@H]3O)[C@@H]2C)O[C@@H](C)[C@H]1O. The zero-order valence-electron chi connectivity index (χ0n) is 42.1. The first-order valence-corrected chi connectivity index (χ1v) is 25.6. The Morgan fingerprint density at radius 1 is 0.957 bits per heavy atom. The van der Waals surface area contributed by atoms with E-state index >= 15 is 0 Å². The summed E-state index contributed by atoms with van der Waals surface area (Å²) in [7, 11) is 3.75. The summed E-state index contributed by atoms with van der Waals surface area (Å²) in [5.74, 6) is -2.63. The first-order valence-electron chi connectivity index (χ1n) is 24.8. The van der Waals surface area contributed by atoms with Crippen molar-refractivity contribution in [1.29, 1.82) is 0 Å². The first kappa shape index (κ1) is 55.3. The Balaban J connectivity index is 1.18. The number of thiophene rings is 1. The smallest absolute Gasteiger partial charge is 0.311 e. The van der Waals surface area contributed by atoms with Crippen LogP contribution < -0.4 is 16.7 Å². The Kier molecular flexibility index (Phi) is 19.3. The van der Waals surface area contributed by atoms with Gasteiger partial charge < -0.3 is 70.2 Å². The number of carbonyl (C=O) groups is 1. The summed E-state index contributed by atoms with van der Waals surface area (Å²) in [6.07, 6.45) is -6.14. The van der Waals surface area contributed by atoms with Crippen LogP contribution in [-0.4, -0.2) is 171 Å². The average molecular weight is 993 g/mol. The van der Waals surface area contributed by atoms with Gasteiger partial charge in [-0.1, -0.05) is 38.1 Å². The number of nitrogens with two attached hydrogens (primary N) is 1. The van der Waals surface area contributed by atoms with Gasteiger partial charge in [-0.2, -0.15) is 0 Å². The number of hydrazine groups is 2. The second kappa shape index (κ2) is 24.1. The fourth-order valence-electron chi connectivity index (χ4n) is 10.3. The molecule has 3 fully saturated rings. The number of benzene rings is 1. The summed E-state index contributed by atoms with van der Waals surface area (Å²) in [5.41, 5.74) is 13.6. The summed E-state index contributed by atoms with van der Waals surface area (Å²) >= 11 is 1.53. The summed E-state index contributed by atoms with van der Waals surface area (Å²) in [6.45, 7) is 14.4. The van der Waals surface area contributed by atoms with Crippen LogP contribution in [0, 0.1) is 17.8 Å². The fourth-order valence-corrected chi connectivity index (χ4v) is 11.1. The van der Waals surface area contributed by atoms with E-state index < -0.39 is 110 Å². The van der Waals surface area contributed by atoms with Crippen molar-refractivity contribution in [2.45, 2.75) is 185 Å². The van der Waals surface area contributed by atoms with Gasteiger partial charge in [0.25, 0.3) is 0 Å². The highest BCUT2D eigenvalue weighted by Crippen LogP contribution is 2.38. The topological polar surface area (TPSA) is 224 Å². The maximum Gasteiger partial charge on any atom is 0.311 e. The molecule has 18 atom stereocenters. The number of cyclic esters (lactones) is 1. The number of hydrogen-bond acceptors (Lipinski definition) is 18. The van der Waals surface area contributed by atoms with Crippen LogP contribution in [0.15, 0.2) is 48.3 Å². The lowest BCUT2D eigenvalue weighted by molar-refractivity contribution is -0.309. The minimum atomic E-state index is -1.57. The Hall–Kier alpha value is -3.02. The molecular weight excluding hydrogens is 912 g/mol. The van der Waals surface area contributed by atoms with E-state index in [-0.39, 0.29) is 18.4 Å². The number of alkyl halides is 1. The molecule has 1 aromatic heterocycles. The van der Waals surface area contributed by atoms with Crippen LogP contribution in [0.3, 0.4) is 0 Å². The van der Waals surface area contributed by atoms with Crippen molar-refractivity contribution in [3.8, 4) is 10.4 Å². The minimum Gasteiger partial charge on any atom is -0.460 e. The number of nitrogens with one attached hydrogen (secondary N) is 2. The first-order chi connectivity index (χ1) is 32.6. The standard InChI is InChI=1S/C50H81FN6O11S/c1-27-22-41(65-32(6)42(27)58)67-46-29(3)47(50(8,63)19-11-20-55(9)31(5)43(59)44(60)33(7)66-48(62)30(46)4)68-49-45(61)38(23-28(2)64-49)56(10)21-18-36-26-57(54-53-36)37(25-51)24-34-12-14-35(15-13-34)39-16-17-40(52)69-39/h12-17,26-33,37-38,41-47,49,53-54,58-61,63H,11,18-25,52H2,1-10H3/t27?,28-,29-,30?,31-,32+,33+,37+,38+,41?,42+,43-,44?,45+,46-,47?,49+,50?/m1/s1. The molecule has 0 amide bonds. The van der Waals surface area contributed by atoms with Gasteiger partial charge >= 0.3 is 5.97 Å². The molecule has 17 nitrogen and oxygen atoms in total. The maximum atomic E-state index is 14.5. The number of rotatable bonds is 13. The molecule has 9 N–H and O–H groups in total. The lowest BCUT2D eigenvalue weighted by Gasteiger charge is -2.47. The zero-order valence-corrected chi connectivity index (χ0v) is 42.9. The average Bonchev–Trinajstić information content (AvgIpc) is 3.98. The second-order valence-electron chi connectivity index (χ2n) is 20.6. The van der Waals surface area contributed by atoms with Crippen molar-refractivity contribution in [3.05, 3.63) is 53.9 Å². The maximum absolute atomic E-state index is 14.5. The molecule has 4 aliphatic heterocycles. The number of carbonyl (C=O) groups excluding carboxylic acids is 1. The molecule has 0 bridgehead atoms. The predicted octanol–water partition coefficient (Wildman–Crippen LogP) is 3.92. The van der Waals surface area contributed by atoms with Gasteiger partial charge in [-0.15, -0.1) is 16.9 Å². The fraction of sp³-hybridized carbons (Fsp3) is 0.740. The van der Waals surface area contributed by atoms with E-state index in [2.05, 4.69) is 15.9 Å². The lowest BCUT2D eigenvalue weighted by atomic mass is 9.79. The molecule has 6 unspecified atom stereocenters. The quantitative estimate of drug-likeness (QED) is 0.133. The molecule has 390 valence electrons. The zero-order chi connectivity index (χ0) is 50.5. The van der Waals surface area contributed by atoms with Crippen LogP contribution in [0.4, 0.5) is 9.39 Å². The predicted molar refractivity (Wildman–Crippen MR) is 262 cm³/mol. The molecule has 0 saturated carbocycles. The Morgan fingerprint density at radius 3 is 2.32 bits per heavy atom. The van der Waals surface area contributed by atoms with E-state index in [1.807, 2.05) is 82.4 Å². The van der Waals surface area contributed by atoms with E-state index in [0.29, 0.717) is 45.2 Å². The van der Waals surface area contributed by atoms with Crippen LogP contribution in [0.1, 0.15) is 93.1 Å². The highest BCUT2D eigenvalue weighted by atomic mass is 32.1. The van der Waals surface area contributed by atoms with Gasteiger partial charge in [0.15, 0.2) is 12.6 Å². The van der Waals surface area contributed by atoms with Crippen LogP contribution in [0.2, 0.25) is 0 Å². The van der Waals surface area contributed by atoms with E-state index in [4.69, 9.17) is 29.4 Å². The number of ether oxygens (including phenoxy) is 5. The summed E-state index contributed by atoms with van der Waals surface area (Å²) in [6, 6.07) is 10.6. The normalized spacial score (nSPS) is 38.5. The third-order valence-corrected chi connectivity index (χ3v) is 16.0. The molecule has 5 heterocycles. The van der Waals surface area contributed by atoms with Crippen LogP contribution in [0.5, 0.6) is 0 Å².